The van der Waals surface area contributed by atoms with Crippen LogP contribution in [0.25, 0.3) is 0 Å². The quantitative estimate of drug-likeness (QED) is 0.759. The lowest BCUT2D eigenvalue weighted by atomic mass is 10.2. The summed E-state index contributed by atoms with van der Waals surface area (Å²) in [7, 11) is 0. The minimum absolute atomic E-state index is 0.104. The number of thiophene rings is 1. The minimum Gasteiger partial charge on any atom is -0.462 e. The van der Waals surface area contributed by atoms with E-state index in [1.54, 1.807) is 13.0 Å². The third-order valence-electron chi connectivity index (χ3n) is 2.65. The summed E-state index contributed by atoms with van der Waals surface area (Å²) in [5.41, 5.74) is 0.429. The predicted octanol–water partition coefficient (Wildman–Crippen LogP) is 2.56. The smallest absolute Gasteiger partial charge is 0.341 e. The highest BCUT2D eigenvalue weighted by atomic mass is 32.1. The maximum Gasteiger partial charge on any atom is 0.341 e. The van der Waals surface area contributed by atoms with Crippen LogP contribution in [-0.4, -0.2) is 31.1 Å². The van der Waals surface area contributed by atoms with Gasteiger partial charge < -0.3 is 15.4 Å². The van der Waals surface area contributed by atoms with Crippen LogP contribution < -0.4 is 10.6 Å². The van der Waals surface area contributed by atoms with Crippen LogP contribution in [0.3, 0.4) is 0 Å². The van der Waals surface area contributed by atoms with E-state index < -0.39 is 5.97 Å². The maximum absolute atomic E-state index is 11.9. The second-order valence-corrected chi connectivity index (χ2v) is 5.79. The van der Waals surface area contributed by atoms with Crippen LogP contribution in [0.5, 0.6) is 0 Å². The molecule has 0 aliphatic heterocycles. The number of amides is 1. The van der Waals surface area contributed by atoms with Crippen LogP contribution in [0.2, 0.25) is 0 Å². The summed E-state index contributed by atoms with van der Waals surface area (Å²) in [6.45, 7) is 8.74. The largest absolute Gasteiger partial charge is 0.462 e. The van der Waals surface area contributed by atoms with E-state index in [9.17, 15) is 9.59 Å². The highest BCUT2D eigenvalue weighted by molar-refractivity contribution is 7.16. The maximum atomic E-state index is 11.9. The van der Waals surface area contributed by atoms with Crippen molar-refractivity contribution in [1.82, 2.24) is 5.32 Å². The van der Waals surface area contributed by atoms with Gasteiger partial charge in [-0.15, -0.1) is 11.3 Å². The van der Waals surface area contributed by atoms with Crippen molar-refractivity contribution in [2.45, 2.75) is 40.2 Å². The Balaban J connectivity index is 2.72. The molecule has 1 aromatic heterocycles. The van der Waals surface area contributed by atoms with Gasteiger partial charge in [-0.25, -0.2) is 4.79 Å². The van der Waals surface area contributed by atoms with Gasteiger partial charge in [0.15, 0.2) is 0 Å². The third-order valence-corrected chi connectivity index (χ3v) is 3.61. The number of anilines is 1. The summed E-state index contributed by atoms with van der Waals surface area (Å²) in [6.07, 6.45) is 0.368. The molecule has 0 saturated carbocycles. The molecule has 0 aliphatic carbocycles. The monoisotopic (exact) mass is 298 g/mol. The fourth-order valence-corrected chi connectivity index (χ4v) is 2.76. The van der Waals surface area contributed by atoms with Gasteiger partial charge in [-0.05, 0) is 33.4 Å². The van der Waals surface area contributed by atoms with E-state index in [1.165, 1.54) is 11.3 Å². The zero-order valence-corrected chi connectivity index (χ0v) is 13.2. The first-order valence-electron chi connectivity index (χ1n) is 6.78. The van der Waals surface area contributed by atoms with Gasteiger partial charge in [0.1, 0.15) is 5.00 Å². The number of esters is 1. The van der Waals surface area contributed by atoms with E-state index in [2.05, 4.69) is 10.6 Å². The summed E-state index contributed by atoms with van der Waals surface area (Å²) in [6, 6.07) is 1.85. The van der Waals surface area contributed by atoms with E-state index in [4.69, 9.17) is 4.74 Å². The van der Waals surface area contributed by atoms with Gasteiger partial charge in [0.25, 0.3) is 0 Å². The second-order valence-electron chi connectivity index (χ2n) is 4.53. The molecule has 0 fully saturated rings. The van der Waals surface area contributed by atoms with Crippen molar-refractivity contribution in [2.75, 3.05) is 18.5 Å². The zero-order chi connectivity index (χ0) is 15.1. The van der Waals surface area contributed by atoms with Gasteiger partial charge in [-0.1, -0.05) is 6.92 Å². The lowest BCUT2D eigenvalue weighted by molar-refractivity contribution is -0.116. The molecule has 2 N–H and O–H groups in total. The molecular formula is C14H22N2O3S. The molecule has 1 rings (SSSR count). The van der Waals surface area contributed by atoms with Crippen molar-refractivity contribution < 1.29 is 14.3 Å². The molecule has 1 atom stereocenters. The lowest BCUT2D eigenvalue weighted by Crippen LogP contribution is -2.30. The fourth-order valence-electron chi connectivity index (χ4n) is 1.84. The van der Waals surface area contributed by atoms with Gasteiger partial charge >= 0.3 is 5.97 Å². The van der Waals surface area contributed by atoms with Crippen molar-refractivity contribution >= 4 is 28.2 Å². The van der Waals surface area contributed by atoms with Gasteiger partial charge in [0.2, 0.25) is 5.91 Å². The first-order chi connectivity index (χ1) is 9.47. The average Bonchev–Trinajstić information content (AvgIpc) is 2.70. The number of carbonyl (C=O) groups excluding carboxylic acids is 2. The van der Waals surface area contributed by atoms with E-state index in [0.29, 0.717) is 23.6 Å². The third kappa shape index (κ3) is 4.94. The molecule has 1 amide bonds. The molecule has 0 spiro atoms. The molecule has 1 aromatic rings. The molecule has 0 bridgehead atoms. The Morgan fingerprint density at radius 3 is 2.70 bits per heavy atom. The summed E-state index contributed by atoms with van der Waals surface area (Å²) < 4.78 is 4.99. The molecular weight excluding hydrogens is 276 g/mol. The predicted molar refractivity (Wildman–Crippen MR) is 81.4 cm³/mol. The van der Waals surface area contributed by atoms with Crippen molar-refractivity contribution in [1.29, 1.82) is 0 Å². The minimum atomic E-state index is -0.396. The van der Waals surface area contributed by atoms with E-state index in [1.807, 2.05) is 20.8 Å². The van der Waals surface area contributed by atoms with Crippen LogP contribution in [0.15, 0.2) is 6.07 Å². The topological polar surface area (TPSA) is 67.4 Å². The standard InChI is InChI=1S/C14H22N2O3S/c1-5-15-9(3)7-12(17)16-13-11(8-10(4)20-13)14(18)19-6-2/h8-9,15H,5-7H2,1-4H3,(H,16,17). The Kier molecular flexibility index (Phi) is 6.67. The Labute approximate surface area is 123 Å². The number of aryl methyl sites for hydroxylation is 1. The van der Waals surface area contributed by atoms with E-state index in [-0.39, 0.29) is 11.9 Å². The number of nitrogens with one attached hydrogen (secondary N) is 2. The molecule has 6 heteroatoms. The van der Waals surface area contributed by atoms with Crippen LogP contribution >= 0.6 is 11.3 Å². The SMILES string of the molecule is CCNC(C)CC(=O)Nc1sc(C)cc1C(=O)OCC. The van der Waals surface area contributed by atoms with Gasteiger partial charge in [-0.3, -0.25) is 4.79 Å². The first kappa shape index (κ1) is 16.7. The first-order valence-corrected chi connectivity index (χ1v) is 7.60. The Morgan fingerprint density at radius 1 is 1.40 bits per heavy atom. The highest BCUT2D eigenvalue weighted by Crippen LogP contribution is 2.28. The van der Waals surface area contributed by atoms with Crippen molar-refractivity contribution in [3.05, 3.63) is 16.5 Å². The van der Waals surface area contributed by atoms with Crippen LogP contribution in [0.4, 0.5) is 5.00 Å². The molecule has 1 unspecified atom stereocenters. The molecule has 0 aromatic carbocycles. The van der Waals surface area contributed by atoms with Crippen molar-refractivity contribution in [3.8, 4) is 0 Å². The molecule has 112 valence electrons. The summed E-state index contributed by atoms with van der Waals surface area (Å²) in [5, 5.41) is 6.54. The number of rotatable bonds is 7. The number of ether oxygens (including phenoxy) is 1. The number of hydrogen-bond donors (Lipinski definition) is 2. The van der Waals surface area contributed by atoms with Gasteiger partial charge in [-0.2, -0.15) is 0 Å². The molecule has 5 nitrogen and oxygen atoms in total. The summed E-state index contributed by atoms with van der Waals surface area (Å²) in [4.78, 5) is 24.7. The van der Waals surface area contributed by atoms with Crippen LogP contribution in [0.1, 0.15) is 42.4 Å². The molecule has 0 aliphatic rings. The molecule has 0 saturated heterocycles. The molecule has 1 heterocycles. The normalized spacial score (nSPS) is 12.0. The number of carbonyl (C=O) groups is 2. The summed E-state index contributed by atoms with van der Waals surface area (Å²) >= 11 is 1.38. The van der Waals surface area contributed by atoms with E-state index >= 15 is 0 Å². The zero-order valence-electron chi connectivity index (χ0n) is 12.4. The highest BCUT2D eigenvalue weighted by Gasteiger charge is 2.18. The number of hydrogen-bond acceptors (Lipinski definition) is 5. The van der Waals surface area contributed by atoms with Gasteiger partial charge in [0, 0.05) is 17.3 Å². The Hall–Kier alpha value is -1.40. The van der Waals surface area contributed by atoms with Crippen molar-refractivity contribution in [3.63, 3.8) is 0 Å². The van der Waals surface area contributed by atoms with Crippen LogP contribution in [-0.2, 0) is 9.53 Å². The molecule has 0 radical (unpaired) electrons. The Morgan fingerprint density at radius 2 is 2.10 bits per heavy atom. The average molecular weight is 298 g/mol. The van der Waals surface area contributed by atoms with Crippen LogP contribution in [0, 0.1) is 6.92 Å². The van der Waals surface area contributed by atoms with E-state index in [0.717, 1.165) is 11.4 Å². The Bertz CT molecular complexity index is 471. The summed E-state index contributed by atoms with van der Waals surface area (Å²) in [5.74, 6) is -0.502. The fraction of sp³-hybridized carbons (Fsp3) is 0.571. The van der Waals surface area contributed by atoms with Crippen molar-refractivity contribution in [2.24, 2.45) is 0 Å². The lowest BCUT2D eigenvalue weighted by Gasteiger charge is -2.12. The molecule has 20 heavy (non-hydrogen) atoms. The van der Waals surface area contributed by atoms with Gasteiger partial charge in [0.05, 0.1) is 12.2 Å². The second kappa shape index (κ2) is 8.01.